The van der Waals surface area contributed by atoms with E-state index in [1.165, 1.54) is 0 Å². The van der Waals surface area contributed by atoms with Gasteiger partial charge in [0, 0.05) is 5.72 Å². The second-order valence-electron chi connectivity index (χ2n) is 10.6. The first-order valence-corrected chi connectivity index (χ1v) is 11.3. The molecule has 31 heavy (non-hydrogen) atoms. The zero-order valence-corrected chi connectivity index (χ0v) is 20.6. The van der Waals surface area contributed by atoms with Crippen molar-refractivity contribution in [3.05, 3.63) is 24.3 Å². The number of ether oxygens (including phenoxy) is 2. The SMILES string of the molecule is COc1ccc(OCCCC(B2OC(C)(C)C(C)(C)O2)B2OC(C)(C)C(C)(C)O2)cc1. The molecule has 0 spiro atoms. The van der Waals surface area contributed by atoms with E-state index < -0.39 is 36.6 Å². The summed E-state index contributed by atoms with van der Waals surface area (Å²) in [6.07, 6.45) is 1.62. The maximum atomic E-state index is 6.38. The normalized spacial score (nSPS) is 23.4. The molecule has 0 amide bonds. The maximum absolute atomic E-state index is 6.38. The Labute approximate surface area is 188 Å². The average molecular weight is 432 g/mol. The maximum Gasteiger partial charge on any atom is 0.458 e. The summed E-state index contributed by atoms with van der Waals surface area (Å²) in [5, 5.41) is 0. The van der Waals surface area contributed by atoms with Gasteiger partial charge in [-0.15, -0.1) is 0 Å². The molecule has 0 bridgehead atoms. The van der Waals surface area contributed by atoms with Crippen molar-refractivity contribution in [1.82, 2.24) is 0 Å². The molecule has 0 unspecified atom stereocenters. The smallest absolute Gasteiger partial charge is 0.458 e. The molecule has 2 saturated heterocycles. The summed E-state index contributed by atoms with van der Waals surface area (Å²) in [5.74, 6) is 1.64. The topological polar surface area (TPSA) is 55.4 Å². The molecule has 2 heterocycles. The molecule has 0 aromatic heterocycles. The van der Waals surface area contributed by atoms with E-state index in [-0.39, 0.29) is 5.72 Å². The first kappa shape index (κ1) is 24.4. The zero-order chi connectivity index (χ0) is 23.1. The largest absolute Gasteiger partial charge is 0.497 e. The third-order valence-corrected chi connectivity index (χ3v) is 7.25. The van der Waals surface area contributed by atoms with Crippen molar-refractivity contribution < 1.29 is 28.1 Å². The fraction of sp³-hybridized carbons (Fsp3) is 0.739. The number of rotatable bonds is 8. The number of benzene rings is 1. The minimum atomic E-state index is -0.404. The van der Waals surface area contributed by atoms with Crippen LogP contribution in [0, 0.1) is 0 Å². The fourth-order valence-corrected chi connectivity index (χ4v) is 3.71. The third kappa shape index (κ3) is 5.08. The average Bonchev–Trinajstić information content (AvgIpc) is 3.01. The van der Waals surface area contributed by atoms with Gasteiger partial charge in [-0.3, -0.25) is 0 Å². The molecule has 1 aromatic carbocycles. The van der Waals surface area contributed by atoms with Gasteiger partial charge in [-0.05, 0) is 86.1 Å². The first-order valence-electron chi connectivity index (χ1n) is 11.3. The minimum Gasteiger partial charge on any atom is -0.497 e. The highest BCUT2D eigenvalue weighted by Gasteiger charge is 2.61. The van der Waals surface area contributed by atoms with Gasteiger partial charge in [-0.1, -0.05) is 6.42 Å². The van der Waals surface area contributed by atoms with E-state index in [0.29, 0.717) is 6.61 Å². The fourth-order valence-electron chi connectivity index (χ4n) is 3.71. The lowest BCUT2D eigenvalue weighted by Crippen LogP contribution is -2.41. The van der Waals surface area contributed by atoms with Crippen LogP contribution < -0.4 is 9.47 Å². The van der Waals surface area contributed by atoms with Crippen LogP contribution in [0.5, 0.6) is 11.5 Å². The van der Waals surface area contributed by atoms with Crippen LogP contribution in [-0.2, 0) is 18.6 Å². The van der Waals surface area contributed by atoms with Crippen molar-refractivity contribution in [1.29, 1.82) is 0 Å². The van der Waals surface area contributed by atoms with Gasteiger partial charge >= 0.3 is 14.2 Å². The van der Waals surface area contributed by atoms with Crippen molar-refractivity contribution >= 4 is 14.2 Å². The highest BCUT2D eigenvalue weighted by atomic mass is 16.7. The monoisotopic (exact) mass is 432 g/mol. The predicted molar refractivity (Wildman–Crippen MR) is 124 cm³/mol. The molecular weight excluding hydrogens is 394 g/mol. The van der Waals surface area contributed by atoms with E-state index in [4.69, 9.17) is 28.1 Å². The number of methoxy groups -OCH3 is 1. The Morgan fingerprint density at radius 3 is 1.48 bits per heavy atom. The van der Waals surface area contributed by atoms with Gasteiger partial charge < -0.3 is 28.1 Å². The molecule has 2 aliphatic rings. The van der Waals surface area contributed by atoms with Crippen molar-refractivity contribution in [2.24, 2.45) is 0 Å². The van der Waals surface area contributed by atoms with Gasteiger partial charge in [0.1, 0.15) is 11.5 Å². The molecule has 1 aromatic rings. The quantitative estimate of drug-likeness (QED) is 0.428. The third-order valence-electron chi connectivity index (χ3n) is 7.25. The Morgan fingerprint density at radius 2 is 1.10 bits per heavy atom. The van der Waals surface area contributed by atoms with E-state index >= 15 is 0 Å². The van der Waals surface area contributed by atoms with Crippen LogP contribution in [-0.4, -0.2) is 50.4 Å². The molecule has 172 valence electrons. The van der Waals surface area contributed by atoms with Crippen LogP contribution in [0.2, 0.25) is 5.72 Å². The summed E-state index contributed by atoms with van der Waals surface area (Å²) < 4.78 is 36.6. The van der Waals surface area contributed by atoms with Crippen LogP contribution in [0.3, 0.4) is 0 Å². The molecule has 2 aliphatic heterocycles. The molecule has 2 fully saturated rings. The molecule has 3 rings (SSSR count). The Hall–Kier alpha value is -1.21. The van der Waals surface area contributed by atoms with E-state index in [1.807, 2.05) is 24.3 Å². The molecule has 0 saturated carbocycles. The Kier molecular flexibility index (Phi) is 6.79. The van der Waals surface area contributed by atoms with Crippen LogP contribution >= 0.6 is 0 Å². The summed E-state index contributed by atoms with van der Waals surface area (Å²) in [7, 11) is 0.850. The molecule has 0 radical (unpaired) electrons. The van der Waals surface area contributed by atoms with Gasteiger partial charge in [-0.25, -0.2) is 0 Å². The van der Waals surface area contributed by atoms with Crippen molar-refractivity contribution in [2.75, 3.05) is 13.7 Å². The first-order chi connectivity index (χ1) is 14.3. The van der Waals surface area contributed by atoms with Gasteiger partial charge in [-0.2, -0.15) is 0 Å². The lowest BCUT2D eigenvalue weighted by Gasteiger charge is -2.32. The van der Waals surface area contributed by atoms with E-state index in [0.717, 1.165) is 24.3 Å². The van der Waals surface area contributed by atoms with Crippen LogP contribution in [0.25, 0.3) is 0 Å². The van der Waals surface area contributed by atoms with Gasteiger partial charge in [0.25, 0.3) is 0 Å². The molecule has 6 nitrogen and oxygen atoms in total. The lowest BCUT2D eigenvalue weighted by molar-refractivity contribution is 0.00578. The molecule has 0 aliphatic carbocycles. The minimum absolute atomic E-state index is 0.0680. The van der Waals surface area contributed by atoms with Crippen molar-refractivity contribution in [2.45, 2.75) is 96.4 Å². The predicted octanol–water partition coefficient (Wildman–Crippen LogP) is 4.95. The summed E-state index contributed by atoms with van der Waals surface area (Å²) >= 11 is 0. The second-order valence-corrected chi connectivity index (χ2v) is 10.6. The highest BCUT2D eigenvalue weighted by Crippen LogP contribution is 2.46. The highest BCUT2D eigenvalue weighted by molar-refractivity contribution is 6.68. The van der Waals surface area contributed by atoms with Crippen LogP contribution in [0.15, 0.2) is 24.3 Å². The Bertz CT molecular complexity index is 679. The van der Waals surface area contributed by atoms with Gasteiger partial charge in [0.15, 0.2) is 0 Å². The van der Waals surface area contributed by atoms with Crippen molar-refractivity contribution in [3.8, 4) is 11.5 Å². The van der Waals surface area contributed by atoms with Gasteiger partial charge in [0.2, 0.25) is 0 Å². The second kappa shape index (κ2) is 8.62. The van der Waals surface area contributed by atoms with E-state index in [9.17, 15) is 0 Å². The number of hydrogen-bond acceptors (Lipinski definition) is 6. The van der Waals surface area contributed by atoms with Crippen molar-refractivity contribution in [3.63, 3.8) is 0 Å². The zero-order valence-electron chi connectivity index (χ0n) is 20.6. The van der Waals surface area contributed by atoms with E-state index in [1.54, 1.807) is 7.11 Å². The Morgan fingerprint density at radius 1 is 0.710 bits per heavy atom. The van der Waals surface area contributed by atoms with Crippen LogP contribution in [0.4, 0.5) is 0 Å². The summed E-state index contributed by atoms with van der Waals surface area (Å²) in [5.41, 5.74) is -1.68. The summed E-state index contributed by atoms with van der Waals surface area (Å²) in [6, 6.07) is 7.62. The van der Waals surface area contributed by atoms with Crippen LogP contribution in [0.1, 0.15) is 68.2 Å². The number of hydrogen-bond donors (Lipinski definition) is 0. The van der Waals surface area contributed by atoms with Gasteiger partial charge in [0.05, 0.1) is 36.1 Å². The lowest BCUT2D eigenvalue weighted by atomic mass is 9.50. The molecule has 0 N–H and O–H groups in total. The van der Waals surface area contributed by atoms with E-state index in [2.05, 4.69) is 55.4 Å². The summed E-state index contributed by atoms with van der Waals surface area (Å²) in [4.78, 5) is 0. The Balaban J connectivity index is 1.66. The molecule has 0 atom stereocenters. The summed E-state index contributed by atoms with van der Waals surface area (Å²) in [6.45, 7) is 17.1. The molecular formula is C23H38B2O6. The standard InChI is InChI=1S/C23H38B2O6/c1-20(2)21(3,4)29-24(28-20)19(25-30-22(5,6)23(7,8)31-25)11-10-16-27-18-14-12-17(26-9)13-15-18/h12-15,19H,10-11,16H2,1-9H3. The molecule has 8 heteroatoms.